The summed E-state index contributed by atoms with van der Waals surface area (Å²) in [6, 6.07) is 10.5. The molecule has 1 unspecified atom stereocenters. The van der Waals surface area contributed by atoms with Crippen LogP contribution in [0.5, 0.6) is 0 Å². The minimum absolute atomic E-state index is 0.165. The molecule has 1 nitrogen and oxygen atoms in total. The lowest BCUT2D eigenvalue weighted by atomic mass is 9.85. The molecule has 0 radical (unpaired) electrons. The molecule has 1 rings (SSSR count). The molecule has 0 N–H and O–H groups in total. The maximum atomic E-state index is 6.14. The van der Waals surface area contributed by atoms with E-state index in [1.54, 1.807) is 0 Å². The second-order valence-corrected chi connectivity index (χ2v) is 7.71. The van der Waals surface area contributed by atoms with E-state index in [1.807, 2.05) is 0 Å². The normalized spacial score (nSPS) is 14.3. The van der Waals surface area contributed by atoms with E-state index < -0.39 is 9.04 Å². The van der Waals surface area contributed by atoms with Gasteiger partial charge in [0.25, 0.3) is 0 Å². The zero-order chi connectivity index (χ0) is 11.5. The molecule has 15 heavy (non-hydrogen) atoms. The second-order valence-electron chi connectivity index (χ2n) is 5.34. The van der Waals surface area contributed by atoms with E-state index in [4.69, 9.17) is 4.43 Å². The maximum absolute atomic E-state index is 6.14. The van der Waals surface area contributed by atoms with E-state index in [9.17, 15) is 0 Å². The fourth-order valence-electron chi connectivity index (χ4n) is 1.68. The molecule has 0 saturated heterocycles. The van der Waals surface area contributed by atoms with Crippen molar-refractivity contribution in [1.82, 2.24) is 0 Å². The summed E-state index contributed by atoms with van der Waals surface area (Å²) >= 11 is 0. The first kappa shape index (κ1) is 12.5. The van der Waals surface area contributed by atoms with Crippen molar-refractivity contribution in [3.8, 4) is 0 Å². The van der Waals surface area contributed by atoms with Crippen LogP contribution in [0.2, 0.25) is 13.1 Å². The van der Waals surface area contributed by atoms with E-state index in [0.717, 1.165) is 0 Å². The summed E-state index contributed by atoms with van der Waals surface area (Å²) in [7, 11) is -0.998. The number of benzene rings is 1. The lowest BCUT2D eigenvalue weighted by molar-refractivity contribution is 0.0866. The van der Waals surface area contributed by atoms with Crippen LogP contribution in [0.4, 0.5) is 0 Å². The Bertz CT molecular complexity index is 287. The summed E-state index contributed by atoms with van der Waals surface area (Å²) in [5, 5.41) is 0. The summed E-state index contributed by atoms with van der Waals surface area (Å²) in [5.41, 5.74) is 1.46. The molecule has 0 spiro atoms. The Labute approximate surface area is 95.2 Å². The van der Waals surface area contributed by atoms with Crippen molar-refractivity contribution in [2.24, 2.45) is 5.41 Å². The van der Waals surface area contributed by atoms with Crippen LogP contribution in [0.15, 0.2) is 30.3 Å². The van der Waals surface area contributed by atoms with Gasteiger partial charge < -0.3 is 4.43 Å². The topological polar surface area (TPSA) is 9.23 Å². The van der Waals surface area contributed by atoms with Gasteiger partial charge in [0.2, 0.25) is 0 Å². The molecule has 0 aliphatic carbocycles. The fourth-order valence-corrected chi connectivity index (χ4v) is 2.79. The maximum Gasteiger partial charge on any atom is 0.171 e. The highest BCUT2D eigenvalue weighted by atomic mass is 28.3. The van der Waals surface area contributed by atoms with Crippen molar-refractivity contribution in [2.75, 3.05) is 0 Å². The molecule has 0 heterocycles. The van der Waals surface area contributed by atoms with Gasteiger partial charge in [0, 0.05) is 0 Å². The van der Waals surface area contributed by atoms with E-state index in [2.05, 4.69) is 64.2 Å². The average molecular weight is 222 g/mol. The van der Waals surface area contributed by atoms with Crippen LogP contribution in [0.3, 0.4) is 0 Å². The van der Waals surface area contributed by atoms with Gasteiger partial charge in [0.1, 0.15) is 0 Å². The van der Waals surface area contributed by atoms with E-state index in [1.165, 1.54) is 5.56 Å². The zero-order valence-electron chi connectivity index (χ0n) is 10.4. The van der Waals surface area contributed by atoms with Gasteiger partial charge in [-0.15, -0.1) is 0 Å². The molecule has 1 aromatic rings. The van der Waals surface area contributed by atoms with Gasteiger partial charge in [-0.05, 0) is 24.1 Å². The molecule has 2 heteroatoms. The van der Waals surface area contributed by atoms with Crippen LogP contribution in [0.1, 0.15) is 32.4 Å². The lowest BCUT2D eigenvalue weighted by Gasteiger charge is -2.33. The molecular formula is C13H22OSi. The minimum atomic E-state index is -0.998. The average Bonchev–Trinajstić information content (AvgIpc) is 2.14. The Morgan fingerprint density at radius 1 is 1.07 bits per heavy atom. The summed E-state index contributed by atoms with van der Waals surface area (Å²) in [5.74, 6) is 0. The summed E-state index contributed by atoms with van der Waals surface area (Å²) < 4.78 is 6.14. The van der Waals surface area contributed by atoms with Gasteiger partial charge in [-0.25, -0.2) is 0 Å². The van der Waals surface area contributed by atoms with Crippen LogP contribution in [0, 0.1) is 5.41 Å². The molecule has 0 saturated carbocycles. The van der Waals surface area contributed by atoms with E-state index in [0.29, 0.717) is 0 Å². The van der Waals surface area contributed by atoms with Crippen LogP contribution < -0.4 is 0 Å². The first-order valence-corrected chi connectivity index (χ1v) is 8.39. The van der Waals surface area contributed by atoms with Crippen molar-refractivity contribution in [1.29, 1.82) is 0 Å². The first-order valence-electron chi connectivity index (χ1n) is 5.61. The Morgan fingerprint density at radius 3 is 2.00 bits per heavy atom. The van der Waals surface area contributed by atoms with E-state index >= 15 is 0 Å². The Hall–Kier alpha value is -0.603. The molecule has 0 amide bonds. The molecule has 0 aliphatic rings. The predicted octanol–water partition coefficient (Wildman–Crippen LogP) is 3.77. The van der Waals surface area contributed by atoms with Crippen LogP contribution in [0.25, 0.3) is 0 Å². The molecule has 84 valence electrons. The summed E-state index contributed by atoms with van der Waals surface area (Å²) in [4.78, 5) is 0. The van der Waals surface area contributed by atoms with Crippen molar-refractivity contribution in [2.45, 2.75) is 40.0 Å². The highest BCUT2D eigenvalue weighted by molar-refractivity contribution is 6.48. The van der Waals surface area contributed by atoms with Crippen molar-refractivity contribution >= 4 is 9.04 Å². The van der Waals surface area contributed by atoms with Gasteiger partial charge in [-0.2, -0.15) is 0 Å². The van der Waals surface area contributed by atoms with Crippen LogP contribution >= 0.6 is 0 Å². The number of hydrogen-bond donors (Lipinski definition) is 0. The Morgan fingerprint density at radius 2 is 1.60 bits per heavy atom. The summed E-state index contributed by atoms with van der Waals surface area (Å²) in [6.07, 6.45) is 0.227. The van der Waals surface area contributed by atoms with E-state index in [-0.39, 0.29) is 11.5 Å². The van der Waals surface area contributed by atoms with Gasteiger partial charge in [-0.3, -0.25) is 0 Å². The van der Waals surface area contributed by atoms with Gasteiger partial charge in [-0.1, -0.05) is 51.1 Å². The molecule has 0 aromatic heterocycles. The third-order valence-electron chi connectivity index (χ3n) is 2.30. The minimum Gasteiger partial charge on any atom is -0.413 e. The summed E-state index contributed by atoms with van der Waals surface area (Å²) in [6.45, 7) is 11.2. The lowest BCUT2D eigenvalue weighted by Crippen LogP contribution is -2.25. The molecule has 0 fully saturated rings. The smallest absolute Gasteiger partial charge is 0.171 e. The highest BCUT2D eigenvalue weighted by Gasteiger charge is 2.27. The standard InChI is InChI=1S/C13H22OSi/c1-13(2,3)12(14-15(4)5)11-9-7-6-8-10-11/h6-10,12,15H,1-5H3. The molecule has 0 bridgehead atoms. The monoisotopic (exact) mass is 222 g/mol. The third kappa shape index (κ3) is 3.80. The zero-order valence-corrected chi connectivity index (χ0v) is 11.6. The highest BCUT2D eigenvalue weighted by Crippen LogP contribution is 2.36. The largest absolute Gasteiger partial charge is 0.413 e. The molecular weight excluding hydrogens is 200 g/mol. The van der Waals surface area contributed by atoms with Gasteiger partial charge in [0.05, 0.1) is 6.10 Å². The molecule has 0 aliphatic heterocycles. The third-order valence-corrected chi connectivity index (χ3v) is 3.11. The second kappa shape index (κ2) is 4.95. The Kier molecular flexibility index (Phi) is 4.11. The van der Waals surface area contributed by atoms with Gasteiger partial charge >= 0.3 is 0 Å². The molecule has 1 atom stereocenters. The quantitative estimate of drug-likeness (QED) is 0.707. The Balaban J connectivity index is 2.92. The predicted molar refractivity (Wildman–Crippen MR) is 68.6 cm³/mol. The number of rotatable bonds is 3. The van der Waals surface area contributed by atoms with Crippen molar-refractivity contribution in [3.05, 3.63) is 35.9 Å². The first-order chi connectivity index (χ1) is 6.91. The van der Waals surface area contributed by atoms with Crippen molar-refractivity contribution in [3.63, 3.8) is 0 Å². The SMILES string of the molecule is C[SiH](C)OC(c1ccccc1)C(C)(C)C. The van der Waals surface area contributed by atoms with Crippen LogP contribution in [-0.2, 0) is 4.43 Å². The van der Waals surface area contributed by atoms with Gasteiger partial charge in [0.15, 0.2) is 9.04 Å². The van der Waals surface area contributed by atoms with Crippen LogP contribution in [-0.4, -0.2) is 9.04 Å². The van der Waals surface area contributed by atoms with Crippen molar-refractivity contribution < 1.29 is 4.43 Å². The molecule has 1 aromatic carbocycles. The fraction of sp³-hybridized carbons (Fsp3) is 0.538. The number of hydrogen-bond acceptors (Lipinski definition) is 1.